The van der Waals surface area contributed by atoms with Crippen LogP contribution in [0.15, 0.2) is 23.0 Å². The predicted molar refractivity (Wildman–Crippen MR) is 139 cm³/mol. The first-order valence-electron chi connectivity index (χ1n) is 12.0. The number of aryl methyl sites for hydroxylation is 2. The second kappa shape index (κ2) is 11.2. The lowest BCUT2D eigenvalue weighted by Gasteiger charge is -2.40. The number of carbonyl (C=O) groups is 2. The van der Waals surface area contributed by atoms with Crippen molar-refractivity contribution in [1.82, 2.24) is 15.2 Å². The van der Waals surface area contributed by atoms with Gasteiger partial charge in [0.25, 0.3) is 11.5 Å². The van der Waals surface area contributed by atoms with Crippen LogP contribution in [0.4, 0.5) is 10.5 Å². The number of hydrogen-bond acceptors (Lipinski definition) is 4. The van der Waals surface area contributed by atoms with Gasteiger partial charge < -0.3 is 25.2 Å². The van der Waals surface area contributed by atoms with Gasteiger partial charge in [-0.1, -0.05) is 11.6 Å². The maximum absolute atomic E-state index is 13.1. The molecule has 1 aliphatic rings. The fraction of sp³-hybridized carbons (Fsp3) is 0.500. The van der Waals surface area contributed by atoms with Crippen LogP contribution in [0.2, 0.25) is 5.02 Å². The van der Waals surface area contributed by atoms with Crippen molar-refractivity contribution in [3.8, 4) is 0 Å². The van der Waals surface area contributed by atoms with Crippen molar-refractivity contribution < 1.29 is 14.7 Å². The molecular formula is C26H35ClN4O4. The Balaban J connectivity index is 1.79. The van der Waals surface area contributed by atoms with E-state index in [1.54, 1.807) is 13.1 Å². The van der Waals surface area contributed by atoms with Crippen LogP contribution in [-0.4, -0.2) is 52.7 Å². The molecule has 1 aromatic heterocycles. The zero-order valence-corrected chi connectivity index (χ0v) is 21.8. The zero-order valence-electron chi connectivity index (χ0n) is 21.1. The summed E-state index contributed by atoms with van der Waals surface area (Å²) in [6.45, 7) is 8.53. The summed E-state index contributed by atoms with van der Waals surface area (Å²) >= 11 is 6.46. The van der Waals surface area contributed by atoms with E-state index >= 15 is 0 Å². The van der Waals surface area contributed by atoms with Crippen LogP contribution in [0, 0.1) is 20.8 Å². The molecule has 1 aliphatic carbocycles. The highest BCUT2D eigenvalue weighted by atomic mass is 35.5. The minimum atomic E-state index is -0.898. The molecule has 1 saturated carbocycles. The van der Waals surface area contributed by atoms with Crippen LogP contribution < -0.4 is 15.8 Å². The third-order valence-electron chi connectivity index (χ3n) is 7.12. The van der Waals surface area contributed by atoms with Crippen LogP contribution in [0.3, 0.4) is 0 Å². The number of halogens is 1. The molecule has 1 heterocycles. The summed E-state index contributed by atoms with van der Waals surface area (Å²) in [6.07, 6.45) is 2.41. The van der Waals surface area contributed by atoms with Crippen molar-refractivity contribution in [3.05, 3.63) is 61.5 Å². The van der Waals surface area contributed by atoms with E-state index in [0.717, 1.165) is 54.7 Å². The molecule has 1 aromatic carbocycles. The topological polar surface area (TPSA) is 106 Å². The number of carbonyl (C=O) groups excluding carboxylic acids is 1. The maximum atomic E-state index is 13.1. The average Bonchev–Trinajstić information content (AvgIpc) is 2.80. The van der Waals surface area contributed by atoms with Gasteiger partial charge in [-0.3, -0.25) is 9.59 Å². The molecule has 0 atom stereocenters. The highest BCUT2D eigenvalue weighted by molar-refractivity contribution is 6.31. The molecular weight excluding hydrogens is 468 g/mol. The first-order chi connectivity index (χ1) is 16.5. The highest BCUT2D eigenvalue weighted by Gasteiger charge is 2.30. The average molecular weight is 503 g/mol. The highest BCUT2D eigenvalue weighted by Crippen LogP contribution is 2.34. The Kier molecular flexibility index (Phi) is 8.48. The largest absolute Gasteiger partial charge is 0.465 e. The molecule has 0 unspecified atom stereocenters. The van der Waals surface area contributed by atoms with Gasteiger partial charge in [-0.2, -0.15) is 0 Å². The first kappa shape index (κ1) is 26.6. The number of nitrogens with zero attached hydrogens (tertiary/aromatic N) is 2. The van der Waals surface area contributed by atoms with Crippen molar-refractivity contribution in [2.45, 2.75) is 72.0 Å². The van der Waals surface area contributed by atoms with E-state index in [-0.39, 0.29) is 30.1 Å². The summed E-state index contributed by atoms with van der Waals surface area (Å²) < 4.78 is 0. The van der Waals surface area contributed by atoms with Crippen molar-refractivity contribution in [3.63, 3.8) is 0 Å². The molecule has 0 saturated heterocycles. The smallest absolute Gasteiger partial charge is 0.407 e. The Labute approximate surface area is 211 Å². The van der Waals surface area contributed by atoms with E-state index in [9.17, 15) is 19.5 Å². The van der Waals surface area contributed by atoms with Crippen molar-refractivity contribution in [2.24, 2.45) is 0 Å². The number of anilines is 1. The monoisotopic (exact) mass is 502 g/mol. The minimum absolute atomic E-state index is 0.0256. The van der Waals surface area contributed by atoms with Crippen molar-refractivity contribution in [1.29, 1.82) is 0 Å². The number of benzene rings is 1. The van der Waals surface area contributed by atoms with Crippen molar-refractivity contribution in [2.75, 3.05) is 18.5 Å². The number of hydrogen-bond donors (Lipinski definition) is 3. The molecule has 190 valence electrons. The van der Waals surface area contributed by atoms with Gasteiger partial charge in [-0.25, -0.2) is 4.79 Å². The number of amides is 2. The lowest BCUT2D eigenvalue weighted by molar-refractivity contribution is 0.0950. The zero-order chi connectivity index (χ0) is 25.9. The van der Waals surface area contributed by atoms with Gasteiger partial charge in [0.1, 0.15) is 0 Å². The van der Waals surface area contributed by atoms with Crippen molar-refractivity contribution >= 4 is 29.3 Å². The van der Waals surface area contributed by atoms with Gasteiger partial charge in [0, 0.05) is 59.8 Å². The molecule has 3 N–H and O–H groups in total. The molecule has 2 aromatic rings. The lowest BCUT2D eigenvalue weighted by atomic mass is 9.88. The van der Waals surface area contributed by atoms with E-state index in [1.165, 1.54) is 4.90 Å². The molecule has 8 nitrogen and oxygen atoms in total. The van der Waals surface area contributed by atoms with E-state index in [2.05, 4.69) is 22.1 Å². The Bertz CT molecular complexity index is 1150. The van der Waals surface area contributed by atoms with E-state index in [1.807, 2.05) is 32.9 Å². The molecule has 0 spiro atoms. The molecule has 0 aliphatic heterocycles. The van der Waals surface area contributed by atoms with Crippen LogP contribution in [0.5, 0.6) is 0 Å². The number of nitrogens with one attached hydrogen (secondary N) is 2. The van der Waals surface area contributed by atoms with Gasteiger partial charge >= 0.3 is 6.09 Å². The number of rotatable bonds is 7. The standard InChI is InChI=1S/C26H35ClN4O4/c1-6-31(20-9-7-19(8-10-20)30(5)26(34)35)23-13-18(27)12-21(17(23)4)24(32)28-14-22-15(2)11-16(3)29-25(22)33/h11-13,19-20H,6-10,14H2,1-5H3,(H,28,32)(H,29,33)(H,34,35)/t19-,20-. The normalized spacial score (nSPS) is 17.7. The van der Waals surface area contributed by atoms with Crippen LogP contribution in [0.1, 0.15) is 65.3 Å². The molecule has 0 bridgehead atoms. The van der Waals surface area contributed by atoms with Crippen LogP contribution in [-0.2, 0) is 6.54 Å². The molecule has 1 fully saturated rings. The maximum Gasteiger partial charge on any atom is 0.407 e. The number of aromatic nitrogens is 1. The summed E-state index contributed by atoms with van der Waals surface area (Å²) in [4.78, 5) is 43.2. The van der Waals surface area contributed by atoms with Gasteiger partial charge in [0.15, 0.2) is 0 Å². The van der Waals surface area contributed by atoms with Gasteiger partial charge in [-0.05, 0) is 82.7 Å². The minimum Gasteiger partial charge on any atom is -0.465 e. The predicted octanol–water partition coefficient (Wildman–Crippen LogP) is 4.63. The van der Waals surface area contributed by atoms with Crippen LogP contribution in [0.25, 0.3) is 0 Å². The number of H-pyrrole nitrogens is 1. The Morgan fingerprint density at radius 3 is 2.31 bits per heavy atom. The fourth-order valence-electron chi connectivity index (χ4n) is 5.10. The number of pyridine rings is 1. The summed E-state index contributed by atoms with van der Waals surface area (Å²) in [6, 6.07) is 5.70. The molecule has 35 heavy (non-hydrogen) atoms. The summed E-state index contributed by atoms with van der Waals surface area (Å²) in [7, 11) is 1.63. The van der Waals surface area contributed by atoms with Gasteiger partial charge in [0.05, 0.1) is 0 Å². The van der Waals surface area contributed by atoms with E-state index in [0.29, 0.717) is 16.1 Å². The first-order valence-corrected chi connectivity index (χ1v) is 12.4. The second-order valence-electron chi connectivity index (χ2n) is 9.37. The molecule has 3 rings (SSSR count). The lowest BCUT2D eigenvalue weighted by Crippen LogP contribution is -2.44. The summed E-state index contributed by atoms with van der Waals surface area (Å²) in [5.74, 6) is -0.284. The number of aromatic amines is 1. The van der Waals surface area contributed by atoms with Crippen LogP contribution >= 0.6 is 11.6 Å². The Morgan fingerprint density at radius 1 is 1.11 bits per heavy atom. The second-order valence-corrected chi connectivity index (χ2v) is 9.80. The quantitative estimate of drug-likeness (QED) is 0.511. The Hall–Kier alpha value is -3.00. The summed E-state index contributed by atoms with van der Waals surface area (Å²) in [5.41, 5.74) is 4.15. The van der Waals surface area contributed by atoms with E-state index in [4.69, 9.17) is 11.6 Å². The summed E-state index contributed by atoms with van der Waals surface area (Å²) in [5, 5.41) is 12.6. The van der Waals surface area contributed by atoms with Gasteiger partial charge in [-0.15, -0.1) is 0 Å². The van der Waals surface area contributed by atoms with Gasteiger partial charge in [0.2, 0.25) is 0 Å². The third kappa shape index (κ3) is 5.99. The fourth-order valence-corrected chi connectivity index (χ4v) is 5.32. The molecule has 2 amide bonds. The number of carboxylic acid groups (broad SMARTS) is 1. The molecule has 9 heteroatoms. The molecule has 0 radical (unpaired) electrons. The third-order valence-corrected chi connectivity index (χ3v) is 7.33. The van der Waals surface area contributed by atoms with E-state index < -0.39 is 6.09 Å². The SMILES string of the molecule is CCN(c1cc(Cl)cc(C(=O)NCc2c(C)cc(C)[nH]c2=O)c1C)[C@H]1CC[C@H](N(C)C(=O)O)CC1. The Morgan fingerprint density at radius 2 is 1.74 bits per heavy atom.